The van der Waals surface area contributed by atoms with Crippen molar-refractivity contribution in [3.8, 4) is 5.75 Å². The molecule has 0 radical (unpaired) electrons. The molecule has 0 spiro atoms. The van der Waals surface area contributed by atoms with Crippen molar-refractivity contribution in [2.75, 3.05) is 6.54 Å². The molecule has 0 aliphatic carbocycles. The summed E-state index contributed by atoms with van der Waals surface area (Å²) < 4.78 is 31.3. The number of amides is 1. The third-order valence-corrected chi connectivity index (χ3v) is 6.37. The average molecular weight is 432 g/mol. The van der Waals surface area contributed by atoms with E-state index in [4.69, 9.17) is 4.18 Å². The lowest BCUT2D eigenvalue weighted by atomic mass is 10.0. The lowest BCUT2D eigenvalue weighted by Crippen LogP contribution is -2.32. The Morgan fingerprint density at radius 3 is 2.69 bits per heavy atom. The maximum Gasteiger partial charge on any atom is 0.339 e. The monoisotopic (exact) mass is 431 g/mol. The number of benzene rings is 3. The van der Waals surface area contributed by atoms with Crippen LogP contribution in [0.15, 0.2) is 64.0 Å². The molecular formula is C19H14BrNO4S. The van der Waals surface area contributed by atoms with E-state index in [2.05, 4.69) is 21.2 Å². The summed E-state index contributed by atoms with van der Waals surface area (Å²) in [6.07, 6.45) is 0.679. The second-order valence-corrected chi connectivity index (χ2v) is 8.30. The van der Waals surface area contributed by atoms with Gasteiger partial charge in [0.05, 0.1) is 4.47 Å². The highest BCUT2D eigenvalue weighted by Gasteiger charge is 2.24. The summed E-state index contributed by atoms with van der Waals surface area (Å²) in [5, 5.41) is 4.53. The molecule has 3 aromatic carbocycles. The molecule has 0 saturated heterocycles. The minimum Gasteiger partial charge on any atom is -0.378 e. The molecule has 0 saturated carbocycles. The summed E-state index contributed by atoms with van der Waals surface area (Å²) in [7, 11) is -4.07. The van der Waals surface area contributed by atoms with E-state index in [1.54, 1.807) is 18.2 Å². The Labute approximate surface area is 159 Å². The van der Waals surface area contributed by atoms with Crippen molar-refractivity contribution in [3.05, 3.63) is 70.2 Å². The van der Waals surface area contributed by atoms with Crippen LogP contribution in [0.3, 0.4) is 0 Å². The third kappa shape index (κ3) is 2.97. The van der Waals surface area contributed by atoms with E-state index >= 15 is 0 Å². The van der Waals surface area contributed by atoms with Gasteiger partial charge in [-0.2, -0.15) is 8.42 Å². The summed E-state index contributed by atoms with van der Waals surface area (Å²) in [4.78, 5) is 11.9. The second-order valence-electron chi connectivity index (χ2n) is 5.96. The van der Waals surface area contributed by atoms with Gasteiger partial charge in [0.15, 0.2) is 5.75 Å². The second kappa shape index (κ2) is 6.41. The zero-order valence-corrected chi connectivity index (χ0v) is 15.9. The van der Waals surface area contributed by atoms with Gasteiger partial charge in [0.25, 0.3) is 5.91 Å². The summed E-state index contributed by atoms with van der Waals surface area (Å²) >= 11 is 3.42. The molecule has 3 aromatic rings. The zero-order chi connectivity index (χ0) is 18.3. The predicted octanol–water partition coefficient (Wildman–Crippen LogP) is 3.66. The van der Waals surface area contributed by atoms with Gasteiger partial charge in [-0.1, -0.05) is 36.4 Å². The van der Waals surface area contributed by atoms with Gasteiger partial charge in [-0.25, -0.2) is 0 Å². The van der Waals surface area contributed by atoms with Gasteiger partial charge in [0.2, 0.25) is 0 Å². The van der Waals surface area contributed by atoms with E-state index in [1.807, 2.05) is 24.3 Å². The molecule has 1 heterocycles. The topological polar surface area (TPSA) is 72.5 Å². The number of hydrogen-bond donors (Lipinski definition) is 1. The molecule has 5 nitrogen and oxygen atoms in total. The Kier molecular flexibility index (Phi) is 4.20. The molecule has 1 N–H and O–H groups in total. The number of carbonyl (C=O) groups excluding carboxylic acids is 1. The lowest BCUT2D eigenvalue weighted by molar-refractivity contribution is 0.0945. The molecule has 132 valence electrons. The minimum absolute atomic E-state index is 0.0478. The standard InChI is InChI=1S/C19H14BrNO4S/c20-18-15-4-2-1-3-12(15)6-8-17(18)25-26(23,24)14-7-5-13-9-10-21-19(22)16(13)11-14/h1-8,11H,9-10H2,(H,21,22). The Morgan fingerprint density at radius 2 is 1.85 bits per heavy atom. The number of nitrogens with one attached hydrogen (secondary N) is 1. The molecule has 26 heavy (non-hydrogen) atoms. The van der Waals surface area contributed by atoms with Crippen LogP contribution in [-0.2, 0) is 16.5 Å². The van der Waals surface area contributed by atoms with Crippen molar-refractivity contribution in [2.45, 2.75) is 11.3 Å². The van der Waals surface area contributed by atoms with Gasteiger partial charge >= 0.3 is 10.1 Å². The summed E-state index contributed by atoms with van der Waals surface area (Å²) in [5.74, 6) is -0.0685. The van der Waals surface area contributed by atoms with E-state index in [-0.39, 0.29) is 16.6 Å². The molecule has 0 fully saturated rings. The first kappa shape index (κ1) is 17.1. The molecule has 0 bridgehead atoms. The molecular weight excluding hydrogens is 418 g/mol. The van der Waals surface area contributed by atoms with E-state index in [0.717, 1.165) is 16.3 Å². The first-order chi connectivity index (χ1) is 12.5. The summed E-state index contributed by atoms with van der Waals surface area (Å²) in [6, 6.07) is 15.5. The maximum atomic E-state index is 12.7. The van der Waals surface area contributed by atoms with E-state index < -0.39 is 10.1 Å². The summed E-state index contributed by atoms with van der Waals surface area (Å²) in [5.41, 5.74) is 1.21. The van der Waals surface area contributed by atoms with Gasteiger partial charge in [-0.05, 0) is 56.9 Å². The van der Waals surface area contributed by atoms with Crippen LogP contribution >= 0.6 is 15.9 Å². The Morgan fingerprint density at radius 1 is 1.04 bits per heavy atom. The fraction of sp³-hybridized carbons (Fsp3) is 0.105. The van der Waals surface area contributed by atoms with Crippen molar-refractivity contribution in [1.82, 2.24) is 5.32 Å². The molecule has 1 aliphatic heterocycles. The number of halogens is 1. The average Bonchev–Trinajstić information content (AvgIpc) is 2.64. The van der Waals surface area contributed by atoms with Crippen LogP contribution in [0, 0.1) is 0 Å². The molecule has 1 amide bonds. The number of carbonyl (C=O) groups is 1. The van der Waals surface area contributed by atoms with E-state index in [9.17, 15) is 13.2 Å². The van der Waals surface area contributed by atoms with Crippen LogP contribution in [0.2, 0.25) is 0 Å². The third-order valence-electron chi connectivity index (χ3n) is 4.32. The van der Waals surface area contributed by atoms with Crippen LogP contribution in [0.5, 0.6) is 5.75 Å². The highest BCUT2D eigenvalue weighted by Crippen LogP contribution is 2.35. The molecule has 1 aliphatic rings. The molecule has 0 atom stereocenters. The van der Waals surface area contributed by atoms with Gasteiger partial charge in [-0.3, -0.25) is 4.79 Å². The highest BCUT2D eigenvalue weighted by atomic mass is 79.9. The van der Waals surface area contributed by atoms with Gasteiger partial charge in [-0.15, -0.1) is 0 Å². The normalized spacial score (nSPS) is 14.0. The Balaban J connectivity index is 1.73. The van der Waals surface area contributed by atoms with Crippen LogP contribution in [-0.4, -0.2) is 20.9 Å². The number of fused-ring (bicyclic) bond motifs is 2. The Hall–Kier alpha value is -2.38. The van der Waals surface area contributed by atoms with Crippen molar-refractivity contribution < 1.29 is 17.4 Å². The van der Waals surface area contributed by atoms with Crippen LogP contribution in [0.4, 0.5) is 0 Å². The fourth-order valence-corrected chi connectivity index (χ4v) is 4.64. The zero-order valence-electron chi connectivity index (χ0n) is 13.5. The number of hydrogen-bond acceptors (Lipinski definition) is 4. The van der Waals surface area contributed by atoms with Crippen LogP contribution in [0.1, 0.15) is 15.9 Å². The number of rotatable bonds is 3. The van der Waals surface area contributed by atoms with Crippen LogP contribution in [0.25, 0.3) is 10.8 Å². The lowest BCUT2D eigenvalue weighted by Gasteiger charge is -2.17. The van der Waals surface area contributed by atoms with Crippen LogP contribution < -0.4 is 9.50 Å². The highest BCUT2D eigenvalue weighted by molar-refractivity contribution is 9.10. The van der Waals surface area contributed by atoms with E-state index in [0.29, 0.717) is 23.0 Å². The molecule has 0 unspecified atom stereocenters. The largest absolute Gasteiger partial charge is 0.378 e. The first-order valence-electron chi connectivity index (χ1n) is 7.98. The molecule has 7 heteroatoms. The SMILES string of the molecule is O=C1NCCc2ccc(S(=O)(=O)Oc3ccc4ccccc4c3Br)cc21. The fourth-order valence-electron chi connectivity index (χ4n) is 2.99. The first-order valence-corrected chi connectivity index (χ1v) is 10.2. The molecule has 4 rings (SSSR count). The van der Waals surface area contributed by atoms with Gasteiger partial charge in [0.1, 0.15) is 4.90 Å². The van der Waals surface area contributed by atoms with E-state index in [1.165, 1.54) is 12.1 Å². The quantitative estimate of drug-likeness (QED) is 0.642. The van der Waals surface area contributed by atoms with Crippen molar-refractivity contribution >= 4 is 42.7 Å². The van der Waals surface area contributed by atoms with Crippen molar-refractivity contribution in [1.29, 1.82) is 0 Å². The van der Waals surface area contributed by atoms with Gasteiger partial charge < -0.3 is 9.50 Å². The smallest absolute Gasteiger partial charge is 0.339 e. The minimum atomic E-state index is -4.07. The molecule has 0 aromatic heterocycles. The van der Waals surface area contributed by atoms with Crippen molar-refractivity contribution in [3.63, 3.8) is 0 Å². The maximum absolute atomic E-state index is 12.7. The Bertz CT molecular complexity index is 1140. The summed E-state index contributed by atoms with van der Waals surface area (Å²) in [6.45, 7) is 0.554. The van der Waals surface area contributed by atoms with Gasteiger partial charge in [0, 0.05) is 12.1 Å². The van der Waals surface area contributed by atoms with Crippen molar-refractivity contribution in [2.24, 2.45) is 0 Å². The predicted molar refractivity (Wildman–Crippen MR) is 102 cm³/mol.